The van der Waals surface area contributed by atoms with E-state index in [1.54, 1.807) is 0 Å². The molecular weight excluding hydrogens is 262 g/mol. The number of nitrogens with zero attached hydrogens (tertiary/aromatic N) is 1. The molecular formula is C11H16F2N2O2S. The van der Waals surface area contributed by atoms with Crippen molar-refractivity contribution in [1.82, 2.24) is 9.62 Å². The lowest BCUT2D eigenvalue weighted by Crippen LogP contribution is -2.28. The number of hydrogen-bond donors (Lipinski definition) is 1. The number of rotatable bonds is 6. The Morgan fingerprint density at radius 1 is 1.28 bits per heavy atom. The molecule has 0 aliphatic heterocycles. The van der Waals surface area contributed by atoms with Crippen molar-refractivity contribution in [3.8, 4) is 0 Å². The fourth-order valence-corrected chi connectivity index (χ4v) is 2.50. The molecule has 102 valence electrons. The maximum atomic E-state index is 13.3. The largest absolute Gasteiger partial charge is 0.309 e. The number of benzene rings is 1. The van der Waals surface area contributed by atoms with Crippen molar-refractivity contribution in [2.75, 3.05) is 27.2 Å². The van der Waals surface area contributed by atoms with Crippen molar-refractivity contribution < 1.29 is 17.2 Å². The number of nitrogens with one attached hydrogen (secondary N) is 1. The van der Waals surface area contributed by atoms with Crippen LogP contribution in [0.1, 0.15) is 6.42 Å². The lowest BCUT2D eigenvalue weighted by Gasteiger charge is -2.10. The van der Waals surface area contributed by atoms with E-state index >= 15 is 0 Å². The summed E-state index contributed by atoms with van der Waals surface area (Å²) >= 11 is 0. The Morgan fingerprint density at radius 3 is 2.50 bits per heavy atom. The molecule has 0 aliphatic rings. The smallest absolute Gasteiger partial charge is 0.243 e. The SMILES string of the molecule is CN(C)CCCNS(=O)(=O)c1ccc(F)cc1F. The highest BCUT2D eigenvalue weighted by Crippen LogP contribution is 2.15. The predicted octanol–water partition coefficient (Wildman–Crippen LogP) is 1.19. The molecule has 0 radical (unpaired) electrons. The molecule has 4 nitrogen and oxygen atoms in total. The number of hydrogen-bond acceptors (Lipinski definition) is 3. The molecule has 1 N–H and O–H groups in total. The molecule has 0 atom stereocenters. The molecule has 0 heterocycles. The third-order valence-electron chi connectivity index (χ3n) is 2.26. The lowest BCUT2D eigenvalue weighted by atomic mass is 10.3. The lowest BCUT2D eigenvalue weighted by molar-refractivity contribution is 0.400. The summed E-state index contributed by atoms with van der Waals surface area (Å²) in [7, 11) is -0.177. The van der Waals surface area contributed by atoms with Gasteiger partial charge in [-0.3, -0.25) is 0 Å². The van der Waals surface area contributed by atoms with E-state index in [0.717, 1.165) is 12.1 Å². The van der Waals surface area contributed by atoms with E-state index in [1.165, 1.54) is 0 Å². The molecule has 0 saturated carbocycles. The molecule has 7 heteroatoms. The van der Waals surface area contributed by atoms with Gasteiger partial charge in [0.1, 0.15) is 16.5 Å². The summed E-state index contributed by atoms with van der Waals surface area (Å²) in [6.45, 7) is 0.922. The Bertz CT molecular complexity index is 504. The first-order chi connectivity index (χ1) is 8.33. The topological polar surface area (TPSA) is 49.4 Å². The van der Waals surface area contributed by atoms with Crippen molar-refractivity contribution in [1.29, 1.82) is 0 Å². The molecule has 1 rings (SSSR count). The van der Waals surface area contributed by atoms with Crippen molar-refractivity contribution in [2.45, 2.75) is 11.3 Å². The highest BCUT2D eigenvalue weighted by molar-refractivity contribution is 7.89. The van der Waals surface area contributed by atoms with E-state index in [2.05, 4.69) is 4.72 Å². The molecule has 1 aromatic rings. The fraction of sp³-hybridized carbons (Fsp3) is 0.455. The van der Waals surface area contributed by atoms with E-state index in [-0.39, 0.29) is 6.54 Å². The van der Waals surface area contributed by atoms with Gasteiger partial charge in [0.2, 0.25) is 10.0 Å². The Kier molecular flexibility index (Phi) is 5.18. The molecule has 1 aromatic carbocycles. The number of halogens is 2. The standard InChI is InChI=1S/C11H16F2N2O2S/c1-15(2)7-3-6-14-18(16,17)11-5-4-9(12)8-10(11)13/h4-5,8,14H,3,6-7H2,1-2H3. The normalized spacial score (nSPS) is 12.1. The summed E-state index contributed by atoms with van der Waals surface area (Å²) in [5, 5.41) is 0. The minimum atomic E-state index is -3.92. The second-order valence-corrected chi connectivity index (χ2v) is 5.86. The van der Waals surface area contributed by atoms with Crippen LogP contribution in [-0.4, -0.2) is 40.5 Å². The maximum Gasteiger partial charge on any atom is 0.243 e. The van der Waals surface area contributed by atoms with Gasteiger partial charge in [0.25, 0.3) is 0 Å². The predicted molar refractivity (Wildman–Crippen MR) is 64.7 cm³/mol. The fourth-order valence-electron chi connectivity index (χ4n) is 1.37. The van der Waals surface area contributed by atoms with Crippen molar-refractivity contribution in [3.05, 3.63) is 29.8 Å². The highest BCUT2D eigenvalue weighted by atomic mass is 32.2. The van der Waals surface area contributed by atoms with Crippen LogP contribution in [0.15, 0.2) is 23.1 Å². The van der Waals surface area contributed by atoms with Crippen LogP contribution in [0, 0.1) is 11.6 Å². The molecule has 0 amide bonds. The van der Waals surface area contributed by atoms with Crippen LogP contribution < -0.4 is 4.72 Å². The third-order valence-corrected chi connectivity index (χ3v) is 3.75. The molecule has 0 fully saturated rings. The molecule has 0 unspecified atom stereocenters. The van der Waals surface area contributed by atoms with Gasteiger partial charge >= 0.3 is 0 Å². The minimum absolute atomic E-state index is 0.206. The second kappa shape index (κ2) is 6.21. The zero-order valence-electron chi connectivity index (χ0n) is 10.3. The van der Waals surface area contributed by atoms with Crippen LogP contribution in [0.2, 0.25) is 0 Å². The summed E-state index contributed by atoms with van der Waals surface area (Å²) in [5.41, 5.74) is 0. The van der Waals surface area contributed by atoms with Gasteiger partial charge in [0, 0.05) is 12.6 Å². The van der Waals surface area contributed by atoms with Gasteiger partial charge in [-0.1, -0.05) is 0 Å². The molecule has 0 aliphatic carbocycles. The van der Waals surface area contributed by atoms with E-state index in [1.807, 2.05) is 19.0 Å². The van der Waals surface area contributed by atoms with Crippen LogP contribution in [0.25, 0.3) is 0 Å². The highest BCUT2D eigenvalue weighted by Gasteiger charge is 2.18. The quantitative estimate of drug-likeness (QED) is 0.795. The maximum absolute atomic E-state index is 13.3. The summed E-state index contributed by atoms with van der Waals surface area (Å²) in [5.74, 6) is -1.89. The molecule has 0 aromatic heterocycles. The van der Waals surface area contributed by atoms with Crippen LogP contribution in [0.5, 0.6) is 0 Å². The van der Waals surface area contributed by atoms with Gasteiger partial charge in [0.05, 0.1) is 0 Å². The summed E-state index contributed by atoms with van der Waals surface area (Å²) in [6, 6.07) is 2.38. The molecule has 18 heavy (non-hydrogen) atoms. The first-order valence-corrected chi connectivity index (χ1v) is 6.90. The van der Waals surface area contributed by atoms with Gasteiger partial charge in [-0.15, -0.1) is 0 Å². The zero-order valence-corrected chi connectivity index (χ0v) is 11.1. The van der Waals surface area contributed by atoms with Crippen LogP contribution in [0.3, 0.4) is 0 Å². The van der Waals surface area contributed by atoms with Crippen molar-refractivity contribution in [2.24, 2.45) is 0 Å². The second-order valence-electron chi connectivity index (χ2n) is 4.13. The van der Waals surface area contributed by atoms with Gasteiger partial charge in [0.15, 0.2) is 0 Å². The van der Waals surface area contributed by atoms with Gasteiger partial charge in [-0.25, -0.2) is 21.9 Å². The first kappa shape index (κ1) is 15.0. The average molecular weight is 278 g/mol. The van der Waals surface area contributed by atoms with Crippen molar-refractivity contribution in [3.63, 3.8) is 0 Å². The Hall–Kier alpha value is -1.05. The van der Waals surface area contributed by atoms with E-state index in [9.17, 15) is 17.2 Å². The molecule has 0 saturated heterocycles. The van der Waals surface area contributed by atoms with Gasteiger partial charge < -0.3 is 4.90 Å². The van der Waals surface area contributed by atoms with Crippen LogP contribution in [-0.2, 0) is 10.0 Å². The summed E-state index contributed by atoms with van der Waals surface area (Å²) < 4.78 is 51.7. The summed E-state index contributed by atoms with van der Waals surface area (Å²) in [6.07, 6.45) is 0.606. The van der Waals surface area contributed by atoms with E-state index in [0.29, 0.717) is 19.0 Å². The van der Waals surface area contributed by atoms with E-state index in [4.69, 9.17) is 0 Å². The van der Waals surface area contributed by atoms with Crippen molar-refractivity contribution >= 4 is 10.0 Å². The summed E-state index contributed by atoms with van der Waals surface area (Å²) in [4.78, 5) is 1.38. The Balaban J connectivity index is 2.69. The van der Waals surface area contributed by atoms with Crippen LogP contribution >= 0.6 is 0 Å². The van der Waals surface area contributed by atoms with Gasteiger partial charge in [-0.05, 0) is 39.2 Å². The van der Waals surface area contributed by atoms with Gasteiger partial charge in [-0.2, -0.15) is 0 Å². The molecule has 0 spiro atoms. The first-order valence-electron chi connectivity index (χ1n) is 5.42. The average Bonchev–Trinajstić information content (AvgIpc) is 2.23. The number of sulfonamides is 1. The minimum Gasteiger partial charge on any atom is -0.309 e. The Morgan fingerprint density at radius 2 is 1.94 bits per heavy atom. The zero-order chi connectivity index (χ0) is 13.8. The van der Waals surface area contributed by atoms with Crippen LogP contribution in [0.4, 0.5) is 8.78 Å². The Labute approximate surface area is 106 Å². The van der Waals surface area contributed by atoms with E-state index < -0.39 is 26.6 Å². The third kappa shape index (κ3) is 4.32. The molecule has 0 bridgehead atoms. The monoisotopic (exact) mass is 278 g/mol.